The Kier molecular flexibility index (Phi) is 7.19. The van der Waals surface area contributed by atoms with Crippen LogP contribution in [0.4, 0.5) is 0 Å². The zero-order valence-electron chi connectivity index (χ0n) is 29.7. The van der Waals surface area contributed by atoms with Gasteiger partial charge in [0.15, 0.2) is 5.82 Å². The van der Waals surface area contributed by atoms with Gasteiger partial charge in [-0.3, -0.25) is 0 Å². The normalized spacial score (nSPS) is 12.9. The van der Waals surface area contributed by atoms with Crippen LogP contribution in [0.15, 0.2) is 182 Å². The number of fused-ring (bicyclic) bond motifs is 6. The highest BCUT2D eigenvalue weighted by molar-refractivity contribution is 6.07. The Bertz CT molecular complexity index is 2850. The molecule has 0 radical (unpaired) electrons. The van der Waals surface area contributed by atoms with Crippen molar-refractivity contribution in [3.63, 3.8) is 0 Å². The summed E-state index contributed by atoms with van der Waals surface area (Å²) in [5, 5.41) is 4.96. The molecule has 0 aliphatic heterocycles. The van der Waals surface area contributed by atoms with E-state index in [9.17, 15) is 0 Å². The van der Waals surface area contributed by atoms with Gasteiger partial charge in [-0.1, -0.05) is 184 Å². The summed E-state index contributed by atoms with van der Waals surface area (Å²) in [5.74, 6) is 0.709. The van der Waals surface area contributed by atoms with E-state index in [1.165, 1.54) is 49.5 Å². The Hall–Kier alpha value is -6.64. The first-order valence-electron chi connectivity index (χ1n) is 18.3. The molecule has 0 amide bonds. The van der Waals surface area contributed by atoms with E-state index in [1.54, 1.807) is 0 Å². The van der Waals surface area contributed by atoms with Crippen LogP contribution in [-0.2, 0) is 5.41 Å². The van der Waals surface area contributed by atoms with Crippen LogP contribution in [0, 0.1) is 0 Å². The number of rotatable bonds is 5. The number of nitrogens with zero attached hydrogens (tertiary/aromatic N) is 2. The summed E-state index contributed by atoms with van der Waals surface area (Å²) in [5.41, 5.74) is 15.1. The molecule has 0 saturated heterocycles. The molecule has 0 N–H and O–H groups in total. The molecule has 1 aliphatic rings. The number of aromatic nitrogens is 2. The fourth-order valence-electron chi connectivity index (χ4n) is 8.48. The highest BCUT2D eigenvalue weighted by atomic mass is 14.9. The van der Waals surface area contributed by atoms with Crippen LogP contribution >= 0.6 is 0 Å². The monoisotopic (exact) mass is 676 g/mol. The van der Waals surface area contributed by atoms with Gasteiger partial charge in [-0.05, 0) is 78.2 Å². The third-order valence-electron chi connectivity index (χ3n) is 11.1. The van der Waals surface area contributed by atoms with E-state index in [4.69, 9.17) is 9.97 Å². The zero-order valence-corrected chi connectivity index (χ0v) is 29.7. The first-order chi connectivity index (χ1) is 26.0. The van der Waals surface area contributed by atoms with Crippen molar-refractivity contribution < 1.29 is 0 Å². The van der Waals surface area contributed by atoms with E-state index >= 15 is 0 Å². The second kappa shape index (κ2) is 12.3. The van der Waals surface area contributed by atoms with Gasteiger partial charge >= 0.3 is 0 Å². The lowest BCUT2D eigenvalue weighted by Gasteiger charge is -2.22. The highest BCUT2D eigenvalue weighted by Crippen LogP contribution is 2.52. The van der Waals surface area contributed by atoms with Crippen molar-refractivity contribution >= 4 is 21.5 Å². The Morgan fingerprint density at radius 2 is 0.925 bits per heavy atom. The minimum Gasteiger partial charge on any atom is -0.228 e. The van der Waals surface area contributed by atoms with Gasteiger partial charge in [-0.15, -0.1) is 0 Å². The molecule has 0 unspecified atom stereocenters. The molecular formula is C51H36N2. The van der Waals surface area contributed by atoms with Gasteiger partial charge in [0.05, 0.1) is 11.4 Å². The predicted octanol–water partition coefficient (Wildman–Crippen LogP) is 13.4. The quantitative estimate of drug-likeness (QED) is 0.181. The lowest BCUT2D eigenvalue weighted by molar-refractivity contribution is 0.661. The predicted molar refractivity (Wildman–Crippen MR) is 222 cm³/mol. The van der Waals surface area contributed by atoms with Gasteiger partial charge in [0, 0.05) is 22.1 Å². The average Bonchev–Trinajstić information content (AvgIpc) is 3.46. The molecule has 0 bridgehead atoms. The van der Waals surface area contributed by atoms with Crippen molar-refractivity contribution in [1.29, 1.82) is 0 Å². The fourth-order valence-corrected chi connectivity index (χ4v) is 8.48. The Morgan fingerprint density at radius 1 is 0.358 bits per heavy atom. The molecule has 2 heteroatoms. The van der Waals surface area contributed by atoms with E-state index in [1.807, 2.05) is 18.2 Å². The lowest BCUT2D eigenvalue weighted by atomic mass is 9.81. The van der Waals surface area contributed by atoms with Crippen LogP contribution in [0.1, 0.15) is 25.0 Å². The molecule has 0 atom stereocenters. The summed E-state index contributed by atoms with van der Waals surface area (Å²) in [7, 11) is 0. The van der Waals surface area contributed by atoms with E-state index in [0.29, 0.717) is 5.82 Å². The highest BCUT2D eigenvalue weighted by Gasteiger charge is 2.36. The summed E-state index contributed by atoms with van der Waals surface area (Å²) in [4.78, 5) is 10.5. The first-order valence-corrected chi connectivity index (χ1v) is 18.3. The second-order valence-electron chi connectivity index (χ2n) is 14.5. The molecule has 0 fully saturated rings. The molecule has 0 saturated carbocycles. The Morgan fingerprint density at radius 3 is 1.68 bits per heavy atom. The molecule has 0 spiro atoms. The lowest BCUT2D eigenvalue weighted by Crippen LogP contribution is -2.14. The molecule has 2 nitrogen and oxygen atoms in total. The van der Waals surface area contributed by atoms with Gasteiger partial charge in [0.2, 0.25) is 0 Å². The van der Waals surface area contributed by atoms with Gasteiger partial charge < -0.3 is 0 Å². The van der Waals surface area contributed by atoms with Crippen LogP contribution in [0.2, 0.25) is 0 Å². The van der Waals surface area contributed by atoms with Crippen LogP contribution in [0.3, 0.4) is 0 Å². The second-order valence-corrected chi connectivity index (χ2v) is 14.5. The maximum Gasteiger partial charge on any atom is 0.160 e. The Balaban J connectivity index is 1.16. The van der Waals surface area contributed by atoms with Crippen molar-refractivity contribution in [2.24, 2.45) is 0 Å². The average molecular weight is 677 g/mol. The molecule has 10 rings (SSSR count). The van der Waals surface area contributed by atoms with E-state index in [0.717, 1.165) is 44.6 Å². The molecule has 1 heterocycles. The summed E-state index contributed by atoms with van der Waals surface area (Å²) in [6.07, 6.45) is 0. The molecule has 53 heavy (non-hydrogen) atoms. The van der Waals surface area contributed by atoms with Crippen molar-refractivity contribution in [2.75, 3.05) is 0 Å². The molecular weight excluding hydrogens is 641 g/mol. The van der Waals surface area contributed by atoms with Crippen LogP contribution in [0.25, 0.3) is 88.8 Å². The SMILES string of the molecule is CC1(C)c2ccc(-c3ccc(-c4cc(-c5ccccc5-c5ccccc5)nc(-c5ccccc5)n4)c4ccccc34)cc2-c2c1ccc1ccccc21. The summed E-state index contributed by atoms with van der Waals surface area (Å²) in [6, 6.07) is 65.3. The van der Waals surface area contributed by atoms with E-state index < -0.39 is 0 Å². The molecule has 1 aliphatic carbocycles. The summed E-state index contributed by atoms with van der Waals surface area (Å²) < 4.78 is 0. The largest absolute Gasteiger partial charge is 0.228 e. The Labute approximate surface area is 310 Å². The minimum atomic E-state index is -0.0700. The maximum absolute atomic E-state index is 5.26. The number of hydrogen-bond donors (Lipinski definition) is 0. The molecule has 8 aromatic carbocycles. The number of hydrogen-bond acceptors (Lipinski definition) is 2. The van der Waals surface area contributed by atoms with Gasteiger partial charge in [-0.25, -0.2) is 9.97 Å². The topological polar surface area (TPSA) is 25.8 Å². The van der Waals surface area contributed by atoms with Gasteiger partial charge in [0.1, 0.15) is 0 Å². The molecule has 1 aromatic heterocycles. The smallest absolute Gasteiger partial charge is 0.160 e. The van der Waals surface area contributed by atoms with Gasteiger partial charge in [0.25, 0.3) is 0 Å². The van der Waals surface area contributed by atoms with Gasteiger partial charge in [-0.2, -0.15) is 0 Å². The minimum absolute atomic E-state index is 0.0700. The maximum atomic E-state index is 5.26. The summed E-state index contributed by atoms with van der Waals surface area (Å²) >= 11 is 0. The standard InChI is InChI=1S/C51H36N2/c1-51(2)45-29-26-36(31-44(45)49-39-21-10-9-17-34(39)25-30-46(49)51)38-27-28-43(41-23-13-12-22-40(38)41)48-32-47(52-50(53-48)35-18-7-4-8-19-35)42-24-14-11-20-37(42)33-15-5-3-6-16-33/h3-32H,1-2H3. The van der Waals surface area contributed by atoms with E-state index in [2.05, 4.69) is 178 Å². The molecule has 9 aromatic rings. The van der Waals surface area contributed by atoms with Crippen molar-refractivity contribution in [1.82, 2.24) is 9.97 Å². The number of benzene rings is 8. The van der Waals surface area contributed by atoms with Crippen LogP contribution < -0.4 is 0 Å². The fraction of sp³-hybridized carbons (Fsp3) is 0.0588. The van der Waals surface area contributed by atoms with Crippen LogP contribution in [-0.4, -0.2) is 9.97 Å². The van der Waals surface area contributed by atoms with E-state index in [-0.39, 0.29) is 5.41 Å². The van der Waals surface area contributed by atoms with Crippen LogP contribution in [0.5, 0.6) is 0 Å². The third kappa shape index (κ3) is 5.10. The van der Waals surface area contributed by atoms with Crippen molar-refractivity contribution in [2.45, 2.75) is 19.3 Å². The van der Waals surface area contributed by atoms with Crippen molar-refractivity contribution in [3.8, 4) is 67.3 Å². The molecule has 250 valence electrons. The zero-order chi connectivity index (χ0) is 35.5. The first kappa shape index (κ1) is 31.1. The van der Waals surface area contributed by atoms with Crippen molar-refractivity contribution in [3.05, 3.63) is 193 Å². The summed E-state index contributed by atoms with van der Waals surface area (Å²) in [6.45, 7) is 4.71. The third-order valence-corrected chi connectivity index (χ3v) is 11.1.